The van der Waals surface area contributed by atoms with Crippen molar-refractivity contribution in [3.05, 3.63) is 77.9 Å². The molecule has 0 unspecified atom stereocenters. The summed E-state index contributed by atoms with van der Waals surface area (Å²) in [5, 5.41) is 3.43. The average molecular weight is 335 g/mol. The molecule has 0 atom stereocenters. The molecule has 1 aliphatic rings. The van der Waals surface area contributed by atoms with Crippen LogP contribution < -0.4 is 5.32 Å². The molecular formula is C23H30N2. The van der Waals surface area contributed by atoms with Gasteiger partial charge < -0.3 is 9.88 Å². The molecule has 132 valence electrons. The molecule has 1 aromatic heterocycles. The largest absolute Gasteiger partial charge is 0.363 e. The second-order valence-corrected chi connectivity index (χ2v) is 6.78. The Kier molecular flexibility index (Phi) is 6.08. The number of rotatable bonds is 8. The molecule has 25 heavy (non-hydrogen) atoms. The lowest BCUT2D eigenvalue weighted by Crippen LogP contribution is -2.11. The predicted octanol–water partition coefficient (Wildman–Crippen LogP) is 6.08. The molecule has 1 saturated carbocycles. The number of hydrogen-bond acceptors (Lipinski definition) is 1. The van der Waals surface area contributed by atoms with Gasteiger partial charge in [0.1, 0.15) is 0 Å². The van der Waals surface area contributed by atoms with Crippen molar-refractivity contribution in [1.82, 2.24) is 9.88 Å². The van der Waals surface area contributed by atoms with Gasteiger partial charge in [0.05, 0.1) is 0 Å². The summed E-state index contributed by atoms with van der Waals surface area (Å²) in [5.41, 5.74) is 7.74. The second kappa shape index (κ2) is 8.06. The van der Waals surface area contributed by atoms with E-state index in [0.717, 1.165) is 33.9 Å². The van der Waals surface area contributed by atoms with Gasteiger partial charge in [0, 0.05) is 29.8 Å². The minimum Gasteiger partial charge on any atom is -0.363 e. The summed E-state index contributed by atoms with van der Waals surface area (Å²) in [4.78, 5) is 0. The van der Waals surface area contributed by atoms with Crippen molar-refractivity contribution in [3.8, 4) is 0 Å². The van der Waals surface area contributed by atoms with Crippen LogP contribution >= 0.6 is 0 Å². The number of allylic oxidation sites excluding steroid dienone is 7. The Balaban J connectivity index is 2.28. The molecule has 2 rings (SSSR count). The maximum atomic E-state index is 4.22. The summed E-state index contributed by atoms with van der Waals surface area (Å²) >= 11 is 0. The fourth-order valence-corrected chi connectivity index (χ4v) is 2.74. The zero-order chi connectivity index (χ0) is 18.6. The first kappa shape index (κ1) is 18.9. The van der Waals surface area contributed by atoms with Gasteiger partial charge >= 0.3 is 0 Å². The van der Waals surface area contributed by atoms with Crippen molar-refractivity contribution in [2.24, 2.45) is 13.0 Å². The number of nitrogens with zero attached hydrogens (tertiary/aromatic N) is 1. The van der Waals surface area contributed by atoms with E-state index in [-0.39, 0.29) is 0 Å². The molecule has 0 aliphatic heterocycles. The highest BCUT2D eigenvalue weighted by Crippen LogP contribution is 2.34. The Morgan fingerprint density at radius 2 is 1.92 bits per heavy atom. The first-order valence-corrected chi connectivity index (χ1v) is 8.84. The van der Waals surface area contributed by atoms with Gasteiger partial charge in [-0.2, -0.15) is 0 Å². The van der Waals surface area contributed by atoms with Crippen molar-refractivity contribution in [3.63, 3.8) is 0 Å². The zero-order valence-corrected chi connectivity index (χ0v) is 16.0. The number of nitrogens with one attached hydrogen (secondary N) is 1. The van der Waals surface area contributed by atoms with Crippen LogP contribution in [0, 0.1) is 5.92 Å². The Labute approximate surface area is 152 Å². The van der Waals surface area contributed by atoms with Gasteiger partial charge in [0.2, 0.25) is 0 Å². The molecule has 1 heterocycles. The van der Waals surface area contributed by atoms with Crippen molar-refractivity contribution < 1.29 is 0 Å². The van der Waals surface area contributed by atoms with Crippen LogP contribution in [-0.2, 0) is 7.05 Å². The number of aromatic nitrogens is 1. The Bertz CT molecular complexity index is 777. The normalized spacial score (nSPS) is 15.5. The van der Waals surface area contributed by atoms with Gasteiger partial charge in [-0.05, 0) is 62.8 Å². The maximum absolute atomic E-state index is 4.22. The lowest BCUT2D eigenvalue weighted by atomic mass is 10.1. The van der Waals surface area contributed by atoms with Crippen molar-refractivity contribution in [2.75, 3.05) is 0 Å². The van der Waals surface area contributed by atoms with Crippen molar-refractivity contribution in [1.29, 1.82) is 0 Å². The summed E-state index contributed by atoms with van der Waals surface area (Å²) in [6.07, 6.45) is 12.8. The molecule has 0 bridgehead atoms. The van der Waals surface area contributed by atoms with Crippen molar-refractivity contribution in [2.45, 2.75) is 33.6 Å². The van der Waals surface area contributed by atoms with Gasteiger partial charge in [-0.15, -0.1) is 0 Å². The SMILES string of the molecule is C=Cc1cc(C(=C)/C=C\C(C)=C/C)n(C)c1/C=C(\C)NC(=C)C1CC1. The van der Waals surface area contributed by atoms with Crippen molar-refractivity contribution >= 4 is 17.7 Å². The Morgan fingerprint density at radius 1 is 1.24 bits per heavy atom. The van der Waals surface area contributed by atoms with Gasteiger partial charge in [-0.1, -0.05) is 49.6 Å². The van der Waals surface area contributed by atoms with Crippen LogP contribution in [-0.4, -0.2) is 4.57 Å². The van der Waals surface area contributed by atoms with Crippen LogP contribution in [0.2, 0.25) is 0 Å². The summed E-state index contributed by atoms with van der Waals surface area (Å²) in [6.45, 7) is 18.5. The molecule has 1 aromatic rings. The monoisotopic (exact) mass is 334 g/mol. The summed E-state index contributed by atoms with van der Waals surface area (Å²) in [7, 11) is 2.07. The minimum atomic E-state index is 0.644. The van der Waals surface area contributed by atoms with E-state index in [9.17, 15) is 0 Å². The van der Waals surface area contributed by atoms with E-state index in [2.05, 4.69) is 80.9 Å². The molecule has 0 saturated heterocycles. The molecule has 1 aliphatic carbocycles. The van der Waals surface area contributed by atoms with E-state index < -0.39 is 0 Å². The molecular weight excluding hydrogens is 304 g/mol. The summed E-state index contributed by atoms with van der Waals surface area (Å²) in [6, 6.07) is 2.14. The van der Waals surface area contributed by atoms with Gasteiger partial charge in [0.15, 0.2) is 0 Å². The molecule has 2 heteroatoms. The van der Waals surface area contributed by atoms with Gasteiger partial charge in [0.25, 0.3) is 0 Å². The number of hydrogen-bond donors (Lipinski definition) is 1. The third kappa shape index (κ3) is 4.76. The van der Waals surface area contributed by atoms with Crippen LogP contribution in [0.1, 0.15) is 50.6 Å². The van der Waals surface area contributed by atoms with Crippen LogP contribution in [0.25, 0.3) is 17.7 Å². The predicted molar refractivity (Wildman–Crippen MR) is 112 cm³/mol. The fourth-order valence-electron chi connectivity index (χ4n) is 2.74. The van der Waals surface area contributed by atoms with E-state index in [0.29, 0.717) is 5.92 Å². The van der Waals surface area contributed by atoms with Crippen LogP contribution in [0.15, 0.2) is 61.0 Å². The van der Waals surface area contributed by atoms with E-state index in [1.807, 2.05) is 13.0 Å². The maximum Gasteiger partial charge on any atom is 0.0499 e. The zero-order valence-electron chi connectivity index (χ0n) is 16.0. The van der Waals surface area contributed by atoms with E-state index in [1.54, 1.807) is 0 Å². The fraction of sp³-hybridized carbons (Fsp3) is 0.304. The lowest BCUT2D eigenvalue weighted by molar-refractivity contribution is 0.847. The third-order valence-electron chi connectivity index (χ3n) is 4.64. The summed E-state index contributed by atoms with van der Waals surface area (Å²) in [5.74, 6) is 0.644. The molecule has 1 N–H and O–H groups in total. The van der Waals surface area contributed by atoms with E-state index >= 15 is 0 Å². The summed E-state index contributed by atoms with van der Waals surface area (Å²) < 4.78 is 2.17. The van der Waals surface area contributed by atoms with E-state index in [4.69, 9.17) is 0 Å². The van der Waals surface area contributed by atoms with Gasteiger partial charge in [-0.25, -0.2) is 0 Å². The standard InChI is InChI=1S/C23H30N2/c1-8-16(3)10-11-17(4)22-15-20(9-2)23(25(22)7)14-18(5)24-19(6)21-12-13-21/h8-11,14-15,21,24H,2,4,6,12-13H2,1,3,5,7H3/b11-10-,16-8-,18-14+. The molecule has 0 spiro atoms. The first-order valence-electron chi connectivity index (χ1n) is 8.84. The molecule has 0 radical (unpaired) electrons. The highest BCUT2D eigenvalue weighted by Gasteiger charge is 2.24. The molecule has 2 nitrogen and oxygen atoms in total. The van der Waals surface area contributed by atoms with Crippen LogP contribution in [0.3, 0.4) is 0 Å². The highest BCUT2D eigenvalue weighted by molar-refractivity contribution is 5.76. The second-order valence-electron chi connectivity index (χ2n) is 6.78. The highest BCUT2D eigenvalue weighted by atomic mass is 15.0. The smallest absolute Gasteiger partial charge is 0.0499 e. The topological polar surface area (TPSA) is 17.0 Å². The van der Waals surface area contributed by atoms with Gasteiger partial charge in [-0.3, -0.25) is 0 Å². The Morgan fingerprint density at radius 3 is 2.48 bits per heavy atom. The van der Waals surface area contributed by atoms with E-state index in [1.165, 1.54) is 18.4 Å². The lowest BCUT2D eigenvalue weighted by Gasteiger charge is -2.10. The quantitative estimate of drug-likeness (QED) is 0.570. The molecule has 0 amide bonds. The molecule has 0 aromatic carbocycles. The third-order valence-corrected chi connectivity index (χ3v) is 4.64. The van der Waals surface area contributed by atoms with Crippen LogP contribution in [0.5, 0.6) is 0 Å². The minimum absolute atomic E-state index is 0.644. The Hall–Kier alpha value is -2.48. The van der Waals surface area contributed by atoms with Crippen LogP contribution in [0.4, 0.5) is 0 Å². The first-order chi connectivity index (χ1) is 11.9. The average Bonchev–Trinajstić information content (AvgIpc) is 3.39. The molecule has 1 fully saturated rings.